The van der Waals surface area contributed by atoms with E-state index >= 15 is 0 Å². The maximum absolute atomic E-state index is 12.6. The van der Waals surface area contributed by atoms with E-state index in [0.717, 1.165) is 25.9 Å². The number of nitrogens with one attached hydrogen (secondary N) is 1. The maximum atomic E-state index is 12.6. The number of carbonyl (C=O) groups excluding carboxylic acids is 2. The van der Waals surface area contributed by atoms with E-state index < -0.39 is 0 Å². The number of rotatable bonds is 5. The van der Waals surface area contributed by atoms with Crippen molar-refractivity contribution in [2.24, 2.45) is 0 Å². The number of methoxy groups -OCH3 is 2. The zero-order chi connectivity index (χ0) is 18.5. The fraction of sp³-hybridized carbons (Fsp3) is 0.316. The quantitative estimate of drug-likeness (QED) is 0.892. The molecule has 0 spiro atoms. The van der Waals surface area contributed by atoms with E-state index in [1.54, 1.807) is 36.3 Å². The zero-order valence-electron chi connectivity index (χ0n) is 14.8. The number of pyridine rings is 1. The minimum absolute atomic E-state index is 0.142. The molecule has 1 aliphatic rings. The maximum Gasteiger partial charge on any atom is 0.272 e. The van der Waals surface area contributed by atoms with Gasteiger partial charge >= 0.3 is 0 Å². The number of hydrogen-bond acceptors (Lipinski definition) is 5. The predicted molar refractivity (Wildman–Crippen MR) is 96.9 cm³/mol. The fourth-order valence-corrected chi connectivity index (χ4v) is 2.88. The highest BCUT2D eigenvalue weighted by molar-refractivity contribution is 6.06. The van der Waals surface area contributed by atoms with Crippen LogP contribution in [-0.2, 0) is 0 Å². The van der Waals surface area contributed by atoms with Crippen molar-refractivity contribution in [1.82, 2.24) is 9.88 Å². The first-order valence-corrected chi connectivity index (χ1v) is 8.41. The van der Waals surface area contributed by atoms with Crippen LogP contribution in [0, 0.1) is 0 Å². The summed E-state index contributed by atoms with van der Waals surface area (Å²) in [5.41, 5.74) is 1.12. The van der Waals surface area contributed by atoms with Gasteiger partial charge in [-0.25, -0.2) is 0 Å². The highest BCUT2D eigenvalue weighted by Gasteiger charge is 2.21. The largest absolute Gasteiger partial charge is 0.497 e. The van der Waals surface area contributed by atoms with E-state index in [1.165, 1.54) is 19.4 Å². The van der Waals surface area contributed by atoms with Crippen molar-refractivity contribution in [2.45, 2.75) is 12.8 Å². The summed E-state index contributed by atoms with van der Waals surface area (Å²) in [4.78, 5) is 31.0. The number of hydrogen-bond donors (Lipinski definition) is 1. The molecule has 3 rings (SSSR count). The summed E-state index contributed by atoms with van der Waals surface area (Å²) in [5.74, 6) is 0.618. The Balaban J connectivity index is 1.80. The number of carbonyl (C=O) groups is 2. The van der Waals surface area contributed by atoms with Crippen LogP contribution in [0.4, 0.5) is 5.69 Å². The molecule has 2 aromatic rings. The van der Waals surface area contributed by atoms with Crippen LogP contribution in [0.15, 0.2) is 36.5 Å². The Labute approximate surface area is 151 Å². The van der Waals surface area contributed by atoms with Gasteiger partial charge in [-0.2, -0.15) is 0 Å². The monoisotopic (exact) mass is 355 g/mol. The highest BCUT2D eigenvalue weighted by atomic mass is 16.5. The van der Waals surface area contributed by atoms with Crippen LogP contribution in [0.5, 0.6) is 11.5 Å². The van der Waals surface area contributed by atoms with Gasteiger partial charge < -0.3 is 19.7 Å². The molecule has 26 heavy (non-hydrogen) atoms. The number of amides is 2. The topological polar surface area (TPSA) is 80.8 Å². The molecular formula is C19H21N3O4. The molecule has 7 nitrogen and oxygen atoms in total. The Morgan fingerprint density at radius 2 is 1.85 bits per heavy atom. The lowest BCUT2D eigenvalue weighted by atomic mass is 10.2. The van der Waals surface area contributed by atoms with Crippen molar-refractivity contribution in [3.63, 3.8) is 0 Å². The molecule has 0 atom stereocenters. The van der Waals surface area contributed by atoms with Gasteiger partial charge in [0.1, 0.15) is 17.2 Å². The Bertz CT molecular complexity index is 816. The summed E-state index contributed by atoms with van der Waals surface area (Å²) in [6.45, 7) is 1.47. The lowest BCUT2D eigenvalue weighted by Crippen LogP contribution is -2.28. The van der Waals surface area contributed by atoms with Crippen molar-refractivity contribution in [3.8, 4) is 11.5 Å². The van der Waals surface area contributed by atoms with E-state index in [1.807, 2.05) is 0 Å². The van der Waals surface area contributed by atoms with Gasteiger partial charge in [0.15, 0.2) is 0 Å². The number of anilines is 1. The summed E-state index contributed by atoms with van der Waals surface area (Å²) in [6, 6.07) is 8.22. The Morgan fingerprint density at radius 1 is 1.08 bits per heavy atom. The molecule has 7 heteroatoms. The van der Waals surface area contributed by atoms with E-state index in [-0.39, 0.29) is 17.5 Å². The fourth-order valence-electron chi connectivity index (χ4n) is 2.88. The van der Waals surface area contributed by atoms with Gasteiger partial charge in [-0.1, -0.05) is 0 Å². The van der Waals surface area contributed by atoms with Crippen molar-refractivity contribution in [1.29, 1.82) is 0 Å². The predicted octanol–water partition coefficient (Wildman–Crippen LogP) is 2.59. The molecule has 0 bridgehead atoms. The summed E-state index contributed by atoms with van der Waals surface area (Å²) >= 11 is 0. The van der Waals surface area contributed by atoms with Crippen LogP contribution in [0.2, 0.25) is 0 Å². The number of aromatic nitrogens is 1. The molecule has 0 saturated carbocycles. The third kappa shape index (κ3) is 3.77. The van der Waals surface area contributed by atoms with Crippen molar-refractivity contribution in [3.05, 3.63) is 47.8 Å². The standard InChI is InChI=1S/C19H21N3O4/c1-25-14-5-6-17(26-2)15(12-14)21-18(23)13-7-8-20-16(11-13)19(24)22-9-3-4-10-22/h5-8,11-12H,3-4,9-10H2,1-2H3,(H,21,23). The first-order chi connectivity index (χ1) is 12.6. The number of ether oxygens (including phenoxy) is 2. The average molecular weight is 355 g/mol. The van der Waals surface area contributed by atoms with Crippen LogP contribution in [-0.4, -0.2) is 49.0 Å². The number of nitrogens with zero attached hydrogens (tertiary/aromatic N) is 2. The third-order valence-corrected chi connectivity index (χ3v) is 4.29. The first-order valence-electron chi connectivity index (χ1n) is 8.41. The minimum Gasteiger partial charge on any atom is -0.497 e. The second-order valence-electron chi connectivity index (χ2n) is 5.95. The van der Waals surface area contributed by atoms with Gasteiger partial charge in [-0.15, -0.1) is 0 Å². The first kappa shape index (κ1) is 17.7. The van der Waals surface area contributed by atoms with Gasteiger partial charge in [-0.3, -0.25) is 14.6 Å². The van der Waals surface area contributed by atoms with Gasteiger partial charge in [0.05, 0.1) is 19.9 Å². The average Bonchev–Trinajstić information content (AvgIpc) is 3.22. The SMILES string of the molecule is COc1ccc(OC)c(NC(=O)c2ccnc(C(=O)N3CCCC3)c2)c1. The van der Waals surface area contributed by atoms with Gasteiger partial charge in [-0.05, 0) is 37.1 Å². The molecule has 0 radical (unpaired) electrons. The lowest BCUT2D eigenvalue weighted by molar-refractivity contribution is 0.0787. The summed E-state index contributed by atoms with van der Waals surface area (Å²) < 4.78 is 10.4. The Morgan fingerprint density at radius 3 is 2.54 bits per heavy atom. The molecule has 1 N–H and O–H groups in total. The van der Waals surface area contributed by atoms with Gasteiger partial charge in [0.25, 0.3) is 11.8 Å². The van der Waals surface area contributed by atoms with Crippen LogP contribution in [0.25, 0.3) is 0 Å². The molecule has 0 aliphatic carbocycles. The minimum atomic E-state index is -0.352. The molecule has 1 aliphatic heterocycles. The van der Waals surface area contributed by atoms with Crippen molar-refractivity contribution >= 4 is 17.5 Å². The highest BCUT2D eigenvalue weighted by Crippen LogP contribution is 2.29. The lowest BCUT2D eigenvalue weighted by Gasteiger charge is -2.15. The number of likely N-dealkylation sites (tertiary alicyclic amines) is 1. The van der Waals surface area contributed by atoms with Crippen LogP contribution < -0.4 is 14.8 Å². The van der Waals surface area contributed by atoms with E-state index in [2.05, 4.69) is 10.3 Å². The summed E-state index contributed by atoms with van der Waals surface area (Å²) in [7, 11) is 3.07. The van der Waals surface area contributed by atoms with E-state index in [0.29, 0.717) is 22.7 Å². The molecule has 0 unspecified atom stereocenters. The van der Waals surface area contributed by atoms with Crippen molar-refractivity contribution < 1.29 is 19.1 Å². The van der Waals surface area contributed by atoms with Crippen molar-refractivity contribution in [2.75, 3.05) is 32.6 Å². The molecule has 2 heterocycles. The molecule has 136 valence electrons. The second-order valence-corrected chi connectivity index (χ2v) is 5.95. The van der Waals surface area contributed by atoms with Crippen LogP contribution in [0.3, 0.4) is 0 Å². The van der Waals surface area contributed by atoms with Crippen LogP contribution >= 0.6 is 0 Å². The summed E-state index contributed by atoms with van der Waals surface area (Å²) in [5, 5.41) is 2.79. The molecule has 1 aromatic carbocycles. The van der Waals surface area contributed by atoms with E-state index in [4.69, 9.17) is 9.47 Å². The normalized spacial score (nSPS) is 13.4. The third-order valence-electron chi connectivity index (χ3n) is 4.29. The molecule has 1 saturated heterocycles. The van der Waals surface area contributed by atoms with Crippen LogP contribution in [0.1, 0.15) is 33.7 Å². The summed E-state index contributed by atoms with van der Waals surface area (Å²) in [6.07, 6.45) is 3.48. The van der Waals surface area contributed by atoms with Gasteiger partial charge in [0, 0.05) is 30.9 Å². The smallest absolute Gasteiger partial charge is 0.272 e. The number of benzene rings is 1. The Hall–Kier alpha value is -3.09. The molecular weight excluding hydrogens is 334 g/mol. The zero-order valence-corrected chi connectivity index (χ0v) is 14.8. The molecule has 1 fully saturated rings. The molecule has 1 aromatic heterocycles. The second kappa shape index (κ2) is 7.86. The molecule has 2 amide bonds. The Kier molecular flexibility index (Phi) is 5.36. The van der Waals surface area contributed by atoms with E-state index in [9.17, 15) is 9.59 Å². The van der Waals surface area contributed by atoms with Gasteiger partial charge in [0.2, 0.25) is 0 Å².